The predicted molar refractivity (Wildman–Crippen MR) is 90.5 cm³/mol. The number of aromatic nitrogens is 3. The van der Waals surface area contributed by atoms with Gasteiger partial charge in [-0.05, 0) is 29.5 Å². The first-order valence-electron chi connectivity index (χ1n) is 8.12. The molecule has 0 saturated carbocycles. The van der Waals surface area contributed by atoms with E-state index in [-0.39, 0.29) is 11.9 Å². The highest BCUT2D eigenvalue weighted by Gasteiger charge is 2.24. The zero-order valence-electron chi connectivity index (χ0n) is 13.2. The van der Waals surface area contributed by atoms with Crippen LogP contribution in [-0.4, -0.2) is 20.9 Å². The van der Waals surface area contributed by atoms with E-state index in [1.807, 2.05) is 42.5 Å². The second-order valence-electron chi connectivity index (χ2n) is 6.05. The van der Waals surface area contributed by atoms with Crippen molar-refractivity contribution in [3.8, 4) is 0 Å². The van der Waals surface area contributed by atoms with E-state index in [0.29, 0.717) is 12.2 Å². The van der Waals surface area contributed by atoms with Gasteiger partial charge in [0.2, 0.25) is 0 Å². The Labute approximate surface area is 140 Å². The van der Waals surface area contributed by atoms with Crippen LogP contribution in [0.25, 0.3) is 0 Å². The molecule has 0 radical (unpaired) electrons. The number of nitrogens with one attached hydrogen (secondary N) is 1. The number of carbonyl (C=O) groups excluding carboxylic acids is 1. The summed E-state index contributed by atoms with van der Waals surface area (Å²) in [5.41, 5.74) is 4.01. The minimum Gasteiger partial charge on any atom is -0.344 e. The van der Waals surface area contributed by atoms with Crippen LogP contribution < -0.4 is 5.32 Å². The van der Waals surface area contributed by atoms with Crippen molar-refractivity contribution < 1.29 is 4.79 Å². The van der Waals surface area contributed by atoms with Crippen molar-refractivity contribution in [1.82, 2.24) is 20.3 Å². The normalized spacial score (nSPS) is 15.9. The average molecular weight is 318 g/mol. The molecule has 1 amide bonds. The van der Waals surface area contributed by atoms with E-state index in [1.165, 1.54) is 11.1 Å². The molecule has 2 aromatic carbocycles. The Kier molecular flexibility index (Phi) is 3.83. The molecular formula is C19H18N4O. The van der Waals surface area contributed by atoms with Crippen LogP contribution in [0.15, 0.2) is 60.8 Å². The van der Waals surface area contributed by atoms with Gasteiger partial charge in [0.1, 0.15) is 0 Å². The molecule has 0 fully saturated rings. The third-order valence-corrected chi connectivity index (χ3v) is 4.40. The molecule has 24 heavy (non-hydrogen) atoms. The van der Waals surface area contributed by atoms with Crippen LogP contribution in [-0.2, 0) is 13.0 Å². The van der Waals surface area contributed by atoms with Crippen LogP contribution in [0, 0.1) is 0 Å². The quantitative estimate of drug-likeness (QED) is 0.804. The van der Waals surface area contributed by atoms with Crippen molar-refractivity contribution in [3.63, 3.8) is 0 Å². The van der Waals surface area contributed by atoms with Gasteiger partial charge in [-0.3, -0.25) is 4.79 Å². The maximum absolute atomic E-state index is 12.4. The summed E-state index contributed by atoms with van der Waals surface area (Å²) in [6.07, 6.45) is 3.63. The van der Waals surface area contributed by atoms with Crippen molar-refractivity contribution in [2.24, 2.45) is 0 Å². The first kappa shape index (κ1) is 14.6. The van der Waals surface area contributed by atoms with E-state index in [9.17, 15) is 4.79 Å². The second kappa shape index (κ2) is 6.28. The summed E-state index contributed by atoms with van der Waals surface area (Å²) >= 11 is 0. The van der Waals surface area contributed by atoms with Gasteiger partial charge in [0.05, 0.1) is 18.8 Å². The lowest BCUT2D eigenvalue weighted by molar-refractivity contribution is 0.0931. The van der Waals surface area contributed by atoms with Crippen molar-refractivity contribution in [2.45, 2.75) is 25.4 Å². The molecule has 1 N–H and O–H groups in total. The Morgan fingerprint density at radius 3 is 2.79 bits per heavy atom. The molecule has 5 heteroatoms. The second-order valence-corrected chi connectivity index (χ2v) is 6.05. The third kappa shape index (κ3) is 2.93. The highest BCUT2D eigenvalue weighted by Crippen LogP contribution is 2.30. The fraction of sp³-hybridized carbons (Fsp3) is 0.211. The highest BCUT2D eigenvalue weighted by atomic mass is 16.2. The number of rotatable bonds is 4. The predicted octanol–water partition coefficient (Wildman–Crippen LogP) is 2.74. The first-order valence-corrected chi connectivity index (χ1v) is 8.12. The lowest BCUT2D eigenvalue weighted by Gasteiger charge is -2.12. The Hall–Kier alpha value is -2.95. The van der Waals surface area contributed by atoms with Gasteiger partial charge in [-0.25, -0.2) is 4.68 Å². The van der Waals surface area contributed by atoms with E-state index in [1.54, 1.807) is 10.9 Å². The molecule has 1 heterocycles. The van der Waals surface area contributed by atoms with Crippen LogP contribution in [0.3, 0.4) is 0 Å². The number of fused-ring (bicyclic) bond motifs is 1. The Balaban J connectivity index is 1.44. The van der Waals surface area contributed by atoms with Gasteiger partial charge >= 0.3 is 0 Å². The molecule has 1 aromatic heterocycles. The molecule has 5 nitrogen and oxygen atoms in total. The molecule has 0 aliphatic heterocycles. The minimum absolute atomic E-state index is 0.0629. The fourth-order valence-corrected chi connectivity index (χ4v) is 3.19. The topological polar surface area (TPSA) is 59.8 Å². The van der Waals surface area contributed by atoms with Crippen LogP contribution in [0.1, 0.15) is 39.6 Å². The maximum Gasteiger partial charge on any atom is 0.273 e. The monoisotopic (exact) mass is 318 g/mol. The number of hydrogen-bond donors (Lipinski definition) is 1. The fourth-order valence-electron chi connectivity index (χ4n) is 3.19. The minimum atomic E-state index is -0.170. The Morgan fingerprint density at radius 1 is 1.12 bits per heavy atom. The molecule has 4 rings (SSSR count). The zero-order valence-corrected chi connectivity index (χ0v) is 13.2. The van der Waals surface area contributed by atoms with E-state index in [4.69, 9.17) is 0 Å². The third-order valence-electron chi connectivity index (χ3n) is 4.40. The molecule has 1 aliphatic rings. The van der Waals surface area contributed by atoms with Crippen molar-refractivity contribution >= 4 is 5.91 Å². The van der Waals surface area contributed by atoms with Crippen molar-refractivity contribution in [1.29, 1.82) is 0 Å². The van der Waals surface area contributed by atoms with Crippen LogP contribution in [0.2, 0.25) is 0 Å². The maximum atomic E-state index is 12.4. The van der Waals surface area contributed by atoms with E-state index in [2.05, 4.69) is 27.8 Å². The number of nitrogens with zero attached hydrogens (tertiary/aromatic N) is 3. The lowest BCUT2D eigenvalue weighted by atomic mass is 10.1. The summed E-state index contributed by atoms with van der Waals surface area (Å²) in [4.78, 5) is 12.4. The largest absolute Gasteiger partial charge is 0.344 e. The van der Waals surface area contributed by atoms with E-state index in [0.717, 1.165) is 18.4 Å². The van der Waals surface area contributed by atoms with Gasteiger partial charge in [-0.1, -0.05) is 59.8 Å². The van der Waals surface area contributed by atoms with Crippen LogP contribution in [0.4, 0.5) is 0 Å². The summed E-state index contributed by atoms with van der Waals surface area (Å²) in [7, 11) is 0. The molecule has 1 aliphatic carbocycles. The average Bonchev–Trinajstić information content (AvgIpc) is 3.24. The number of amides is 1. The Morgan fingerprint density at radius 2 is 1.92 bits per heavy atom. The summed E-state index contributed by atoms with van der Waals surface area (Å²) in [6, 6.07) is 18.3. The van der Waals surface area contributed by atoms with Crippen molar-refractivity contribution in [3.05, 3.63) is 83.2 Å². The molecule has 0 saturated heterocycles. The SMILES string of the molecule is O=C(N[C@H]1CCc2ccccc21)c1cn(Cc2ccccc2)nn1. The lowest BCUT2D eigenvalue weighted by Crippen LogP contribution is -2.27. The van der Waals surface area contributed by atoms with Crippen molar-refractivity contribution in [2.75, 3.05) is 0 Å². The van der Waals surface area contributed by atoms with E-state index < -0.39 is 0 Å². The summed E-state index contributed by atoms with van der Waals surface area (Å²) in [6.45, 7) is 0.605. The number of benzene rings is 2. The molecular weight excluding hydrogens is 300 g/mol. The summed E-state index contributed by atoms with van der Waals surface area (Å²) in [5, 5.41) is 11.1. The van der Waals surface area contributed by atoms with Gasteiger partial charge in [0.25, 0.3) is 5.91 Å². The standard InChI is InChI=1S/C19H18N4O/c24-19(20-17-11-10-15-8-4-5-9-16(15)17)18-13-23(22-21-18)12-14-6-2-1-3-7-14/h1-9,13,17H,10-12H2,(H,20,24)/t17-/m0/s1. The van der Waals surface area contributed by atoms with Gasteiger partial charge in [-0.2, -0.15) is 0 Å². The van der Waals surface area contributed by atoms with Crippen LogP contribution in [0.5, 0.6) is 0 Å². The molecule has 120 valence electrons. The zero-order chi connectivity index (χ0) is 16.4. The molecule has 0 unspecified atom stereocenters. The summed E-state index contributed by atoms with van der Waals surface area (Å²) in [5.74, 6) is -0.170. The van der Waals surface area contributed by atoms with Gasteiger partial charge < -0.3 is 5.32 Å². The smallest absolute Gasteiger partial charge is 0.273 e. The highest BCUT2D eigenvalue weighted by molar-refractivity contribution is 5.92. The molecule has 1 atom stereocenters. The van der Waals surface area contributed by atoms with E-state index >= 15 is 0 Å². The Bertz CT molecular complexity index is 857. The number of carbonyl (C=O) groups is 1. The molecule has 3 aromatic rings. The molecule has 0 bridgehead atoms. The van der Waals surface area contributed by atoms with Gasteiger partial charge in [0, 0.05) is 0 Å². The molecule has 0 spiro atoms. The summed E-state index contributed by atoms with van der Waals surface area (Å²) < 4.78 is 1.69. The van der Waals surface area contributed by atoms with Gasteiger partial charge in [-0.15, -0.1) is 5.10 Å². The number of aryl methyl sites for hydroxylation is 1. The van der Waals surface area contributed by atoms with Gasteiger partial charge in [0.15, 0.2) is 5.69 Å². The number of hydrogen-bond acceptors (Lipinski definition) is 3. The van der Waals surface area contributed by atoms with Crippen LogP contribution >= 0.6 is 0 Å². The first-order chi connectivity index (χ1) is 11.8.